The van der Waals surface area contributed by atoms with Gasteiger partial charge in [-0.05, 0) is 56.3 Å². The van der Waals surface area contributed by atoms with Crippen LogP contribution in [0.2, 0.25) is 0 Å². The number of allylic oxidation sites excluding steroid dienone is 2. The summed E-state index contributed by atoms with van der Waals surface area (Å²) in [5.74, 6) is 3.31. The molecule has 0 aliphatic heterocycles. The van der Waals surface area contributed by atoms with Crippen LogP contribution in [0.5, 0.6) is 0 Å². The highest BCUT2D eigenvalue weighted by molar-refractivity contribution is 7.81. The predicted molar refractivity (Wildman–Crippen MR) is 74.9 cm³/mol. The second-order valence-electron chi connectivity index (χ2n) is 6.54. The smallest absolute Gasteiger partial charge is 0.0135 e. The SMILES string of the molecule is CC1=CC2C(C(C)C)CCC(C)(S)C2CC1. The molecule has 0 aromatic carbocycles. The number of thiol groups is 1. The molecule has 0 N–H and O–H groups in total. The average Bonchev–Trinajstić information content (AvgIpc) is 2.16. The third-order valence-electron chi connectivity index (χ3n) is 4.92. The van der Waals surface area contributed by atoms with E-state index in [1.165, 1.54) is 25.7 Å². The zero-order valence-electron chi connectivity index (χ0n) is 11.2. The molecule has 2 aliphatic rings. The molecule has 92 valence electrons. The van der Waals surface area contributed by atoms with E-state index in [0.717, 1.165) is 23.7 Å². The Morgan fingerprint density at radius 1 is 1.38 bits per heavy atom. The third kappa shape index (κ3) is 2.20. The van der Waals surface area contributed by atoms with Crippen molar-refractivity contribution in [3.63, 3.8) is 0 Å². The summed E-state index contributed by atoms with van der Waals surface area (Å²) < 4.78 is 0.271. The molecule has 1 fully saturated rings. The highest BCUT2D eigenvalue weighted by Crippen LogP contribution is 2.52. The first kappa shape index (κ1) is 12.5. The largest absolute Gasteiger partial charge is 0.172 e. The van der Waals surface area contributed by atoms with Crippen LogP contribution in [-0.4, -0.2) is 4.75 Å². The number of hydrogen-bond acceptors (Lipinski definition) is 1. The van der Waals surface area contributed by atoms with E-state index in [1.54, 1.807) is 5.57 Å². The molecule has 2 aliphatic carbocycles. The molecule has 0 aromatic heterocycles. The second kappa shape index (κ2) is 4.40. The molecule has 0 radical (unpaired) electrons. The second-order valence-corrected chi connectivity index (χ2v) is 7.56. The van der Waals surface area contributed by atoms with Crippen LogP contribution in [0.4, 0.5) is 0 Å². The zero-order valence-corrected chi connectivity index (χ0v) is 12.1. The van der Waals surface area contributed by atoms with Crippen LogP contribution < -0.4 is 0 Å². The lowest BCUT2D eigenvalue weighted by Crippen LogP contribution is -2.45. The Morgan fingerprint density at radius 3 is 2.69 bits per heavy atom. The standard InChI is InChI=1S/C15H26S/c1-10(2)12-7-8-15(4,16)14-6-5-11(3)9-13(12)14/h9-10,12-14,16H,5-8H2,1-4H3. The fraction of sp³-hybridized carbons (Fsp3) is 0.867. The van der Waals surface area contributed by atoms with E-state index < -0.39 is 0 Å². The Hall–Kier alpha value is 0.0900. The first-order valence-corrected chi connectivity index (χ1v) is 7.26. The monoisotopic (exact) mass is 238 g/mol. The summed E-state index contributed by atoms with van der Waals surface area (Å²) in [7, 11) is 0. The van der Waals surface area contributed by atoms with Crippen LogP contribution in [0.3, 0.4) is 0 Å². The van der Waals surface area contributed by atoms with Crippen LogP contribution >= 0.6 is 12.6 Å². The minimum Gasteiger partial charge on any atom is -0.172 e. The summed E-state index contributed by atoms with van der Waals surface area (Å²) in [6.45, 7) is 9.44. The molecule has 4 unspecified atom stereocenters. The van der Waals surface area contributed by atoms with Crippen molar-refractivity contribution in [2.45, 2.75) is 58.1 Å². The molecule has 0 amide bonds. The number of fused-ring (bicyclic) bond motifs is 1. The maximum absolute atomic E-state index is 4.95. The molecular formula is C15H26S. The van der Waals surface area contributed by atoms with Gasteiger partial charge in [-0.3, -0.25) is 0 Å². The molecule has 0 saturated heterocycles. The highest BCUT2D eigenvalue weighted by atomic mass is 32.1. The van der Waals surface area contributed by atoms with Crippen LogP contribution in [0.25, 0.3) is 0 Å². The minimum atomic E-state index is 0.271. The van der Waals surface area contributed by atoms with Gasteiger partial charge in [-0.2, -0.15) is 12.6 Å². The van der Waals surface area contributed by atoms with Gasteiger partial charge < -0.3 is 0 Å². The van der Waals surface area contributed by atoms with Crippen LogP contribution in [0.1, 0.15) is 53.4 Å². The Balaban J connectivity index is 2.27. The summed E-state index contributed by atoms with van der Waals surface area (Å²) in [5.41, 5.74) is 1.61. The van der Waals surface area contributed by atoms with E-state index in [1.807, 2.05) is 0 Å². The Labute approximate surface area is 106 Å². The molecule has 16 heavy (non-hydrogen) atoms. The molecule has 2 rings (SSSR count). The Kier molecular flexibility index (Phi) is 3.45. The number of hydrogen-bond donors (Lipinski definition) is 1. The van der Waals surface area contributed by atoms with Gasteiger partial charge >= 0.3 is 0 Å². The molecule has 0 spiro atoms. The van der Waals surface area contributed by atoms with Crippen molar-refractivity contribution >= 4 is 12.6 Å². The molecule has 0 bridgehead atoms. The molecule has 1 heteroatoms. The molecule has 0 heterocycles. The fourth-order valence-electron chi connectivity index (χ4n) is 3.87. The van der Waals surface area contributed by atoms with Crippen molar-refractivity contribution in [3.8, 4) is 0 Å². The normalized spacial score (nSPS) is 44.1. The fourth-order valence-corrected chi connectivity index (χ4v) is 4.30. The Morgan fingerprint density at radius 2 is 2.06 bits per heavy atom. The van der Waals surface area contributed by atoms with Crippen LogP contribution in [0, 0.1) is 23.7 Å². The minimum absolute atomic E-state index is 0.271. The lowest BCUT2D eigenvalue weighted by Gasteiger charge is -2.50. The predicted octanol–water partition coefficient (Wildman–Crippen LogP) is 4.71. The van der Waals surface area contributed by atoms with Crippen molar-refractivity contribution in [2.24, 2.45) is 23.7 Å². The van der Waals surface area contributed by atoms with E-state index >= 15 is 0 Å². The van der Waals surface area contributed by atoms with Crippen molar-refractivity contribution in [3.05, 3.63) is 11.6 Å². The zero-order chi connectivity index (χ0) is 11.9. The molecule has 0 nitrogen and oxygen atoms in total. The van der Waals surface area contributed by atoms with Crippen LogP contribution in [0.15, 0.2) is 11.6 Å². The molecular weight excluding hydrogens is 212 g/mol. The van der Waals surface area contributed by atoms with Gasteiger partial charge in [0.05, 0.1) is 0 Å². The highest BCUT2D eigenvalue weighted by Gasteiger charge is 2.45. The van der Waals surface area contributed by atoms with Crippen molar-refractivity contribution in [1.82, 2.24) is 0 Å². The van der Waals surface area contributed by atoms with Crippen molar-refractivity contribution in [2.75, 3.05) is 0 Å². The Bertz CT molecular complexity index is 288. The van der Waals surface area contributed by atoms with Crippen LogP contribution in [-0.2, 0) is 0 Å². The third-order valence-corrected chi connectivity index (χ3v) is 5.48. The topological polar surface area (TPSA) is 0 Å². The van der Waals surface area contributed by atoms with Crippen molar-refractivity contribution < 1.29 is 0 Å². The molecule has 1 saturated carbocycles. The number of rotatable bonds is 1. The van der Waals surface area contributed by atoms with Gasteiger partial charge in [-0.25, -0.2) is 0 Å². The summed E-state index contributed by atoms with van der Waals surface area (Å²) in [6, 6.07) is 0. The van der Waals surface area contributed by atoms with E-state index in [0.29, 0.717) is 0 Å². The van der Waals surface area contributed by atoms with E-state index in [4.69, 9.17) is 12.6 Å². The van der Waals surface area contributed by atoms with Gasteiger partial charge in [0.1, 0.15) is 0 Å². The summed E-state index contributed by atoms with van der Waals surface area (Å²) >= 11 is 4.95. The maximum Gasteiger partial charge on any atom is 0.0135 e. The average molecular weight is 238 g/mol. The molecule has 4 atom stereocenters. The van der Waals surface area contributed by atoms with E-state index in [-0.39, 0.29) is 4.75 Å². The lowest BCUT2D eigenvalue weighted by molar-refractivity contribution is 0.107. The van der Waals surface area contributed by atoms with Gasteiger partial charge in [0.15, 0.2) is 0 Å². The summed E-state index contributed by atoms with van der Waals surface area (Å²) in [5, 5.41) is 0. The van der Waals surface area contributed by atoms with Gasteiger partial charge in [0, 0.05) is 4.75 Å². The quantitative estimate of drug-likeness (QED) is 0.496. The summed E-state index contributed by atoms with van der Waals surface area (Å²) in [6.07, 6.45) is 7.89. The van der Waals surface area contributed by atoms with E-state index in [2.05, 4.69) is 33.8 Å². The first-order valence-electron chi connectivity index (χ1n) is 6.81. The first-order chi connectivity index (χ1) is 7.42. The lowest BCUT2D eigenvalue weighted by atomic mass is 9.60. The molecule has 0 aromatic rings. The van der Waals surface area contributed by atoms with Gasteiger partial charge in [-0.15, -0.1) is 0 Å². The van der Waals surface area contributed by atoms with E-state index in [9.17, 15) is 0 Å². The van der Waals surface area contributed by atoms with Crippen molar-refractivity contribution in [1.29, 1.82) is 0 Å². The summed E-state index contributed by atoms with van der Waals surface area (Å²) in [4.78, 5) is 0. The van der Waals surface area contributed by atoms with Gasteiger partial charge in [-0.1, -0.05) is 32.4 Å². The van der Waals surface area contributed by atoms with Gasteiger partial charge in [0.2, 0.25) is 0 Å². The maximum atomic E-state index is 4.95. The van der Waals surface area contributed by atoms with Gasteiger partial charge in [0.25, 0.3) is 0 Å².